The molecule has 2 aromatic heterocycles. The number of nitrogens with zero attached hydrogens (tertiary/aromatic N) is 3. The van der Waals surface area contributed by atoms with Crippen LogP contribution in [0, 0.1) is 0 Å². The number of para-hydroxylation sites is 2. The van der Waals surface area contributed by atoms with Gasteiger partial charge in [0.05, 0.1) is 12.3 Å². The number of aromatic nitrogens is 3. The smallest absolute Gasteiger partial charge is 0.195 e. The summed E-state index contributed by atoms with van der Waals surface area (Å²) in [5, 5.41) is 9.12. The first-order valence-corrected chi connectivity index (χ1v) is 7.23. The zero-order valence-electron chi connectivity index (χ0n) is 10.8. The lowest BCUT2D eigenvalue weighted by molar-refractivity contribution is 0.345. The van der Waals surface area contributed by atoms with E-state index in [9.17, 15) is 0 Å². The first-order valence-electron chi connectivity index (χ1n) is 6.24. The topological polar surface area (TPSA) is 65.4 Å². The van der Waals surface area contributed by atoms with Crippen molar-refractivity contribution in [1.29, 1.82) is 0 Å². The van der Waals surface area contributed by atoms with Gasteiger partial charge in [-0.25, -0.2) is 0 Å². The van der Waals surface area contributed by atoms with Gasteiger partial charge in [0.2, 0.25) is 0 Å². The van der Waals surface area contributed by atoms with Gasteiger partial charge in [-0.15, -0.1) is 10.2 Å². The lowest BCUT2D eigenvalue weighted by Gasteiger charge is -2.07. The fraction of sp³-hybridized carbons (Fsp3) is 0.143. The molecule has 0 unspecified atom stereocenters. The summed E-state index contributed by atoms with van der Waals surface area (Å²) in [6, 6.07) is 13.3. The van der Waals surface area contributed by atoms with Gasteiger partial charge in [-0.1, -0.05) is 30.0 Å². The molecule has 0 aliphatic heterocycles. The third kappa shape index (κ3) is 2.70. The van der Waals surface area contributed by atoms with Crippen LogP contribution in [0.1, 0.15) is 0 Å². The molecule has 0 radical (unpaired) electrons. The van der Waals surface area contributed by atoms with Crippen molar-refractivity contribution in [2.45, 2.75) is 5.16 Å². The highest BCUT2D eigenvalue weighted by molar-refractivity contribution is 7.99. The van der Waals surface area contributed by atoms with Crippen molar-refractivity contribution in [2.24, 2.45) is 0 Å². The zero-order valence-corrected chi connectivity index (χ0v) is 11.6. The van der Waals surface area contributed by atoms with E-state index in [-0.39, 0.29) is 0 Å². The zero-order chi connectivity index (χ0) is 13.8. The van der Waals surface area contributed by atoms with Gasteiger partial charge in [0.15, 0.2) is 10.8 Å². The molecule has 2 heterocycles. The number of nitrogens with two attached hydrogens (primary N) is 1. The van der Waals surface area contributed by atoms with E-state index < -0.39 is 0 Å². The fourth-order valence-electron chi connectivity index (χ4n) is 1.81. The number of anilines is 1. The number of hydrogen-bond donors (Lipinski definition) is 1. The molecule has 3 rings (SSSR count). The monoisotopic (exact) mass is 286 g/mol. The second-order valence-corrected chi connectivity index (χ2v) is 5.21. The Kier molecular flexibility index (Phi) is 3.73. The maximum atomic E-state index is 5.81. The molecular formula is C14H14N4OS. The quantitative estimate of drug-likeness (QED) is 0.443. The van der Waals surface area contributed by atoms with Crippen molar-refractivity contribution >= 4 is 23.1 Å². The van der Waals surface area contributed by atoms with Crippen LogP contribution in [0.3, 0.4) is 0 Å². The molecule has 0 aliphatic rings. The van der Waals surface area contributed by atoms with E-state index in [0.29, 0.717) is 12.3 Å². The summed E-state index contributed by atoms with van der Waals surface area (Å²) in [5.74, 6) is 1.50. The lowest BCUT2D eigenvalue weighted by atomic mass is 10.3. The van der Waals surface area contributed by atoms with Gasteiger partial charge in [0.25, 0.3) is 0 Å². The second kappa shape index (κ2) is 5.83. The number of hydrogen-bond acceptors (Lipinski definition) is 5. The van der Waals surface area contributed by atoms with Crippen LogP contribution in [0.5, 0.6) is 5.75 Å². The second-order valence-electron chi connectivity index (χ2n) is 4.15. The maximum Gasteiger partial charge on any atom is 0.195 e. The Morgan fingerprint density at radius 2 is 1.95 bits per heavy atom. The summed E-state index contributed by atoms with van der Waals surface area (Å²) in [6.45, 7) is 0.570. The van der Waals surface area contributed by atoms with Crippen molar-refractivity contribution in [3.63, 3.8) is 0 Å². The number of pyridine rings is 1. The van der Waals surface area contributed by atoms with Gasteiger partial charge in [0, 0.05) is 11.9 Å². The van der Waals surface area contributed by atoms with E-state index in [1.807, 2.05) is 53.1 Å². The van der Waals surface area contributed by atoms with E-state index in [1.165, 1.54) is 0 Å². The highest BCUT2D eigenvalue weighted by atomic mass is 32.2. The number of fused-ring (bicyclic) bond motifs is 1. The summed E-state index contributed by atoms with van der Waals surface area (Å²) in [7, 11) is 0. The Hall–Kier alpha value is -2.21. The standard InChI is InChI=1S/C14H14N4OS/c15-11-5-1-2-6-12(11)19-9-10-20-14-17-16-13-7-3-4-8-18(13)14/h1-8H,9-10,15H2. The maximum absolute atomic E-state index is 5.81. The van der Waals surface area contributed by atoms with Crippen LogP contribution in [0.25, 0.3) is 5.65 Å². The molecule has 6 heteroatoms. The number of benzene rings is 1. The fourth-order valence-corrected chi connectivity index (χ4v) is 2.56. The minimum absolute atomic E-state index is 0.570. The van der Waals surface area contributed by atoms with Gasteiger partial charge < -0.3 is 10.5 Å². The SMILES string of the molecule is Nc1ccccc1OCCSc1nnc2ccccn12. The van der Waals surface area contributed by atoms with Crippen LogP contribution in [-0.4, -0.2) is 27.0 Å². The summed E-state index contributed by atoms with van der Waals surface area (Å²) in [6.07, 6.45) is 1.95. The minimum Gasteiger partial charge on any atom is -0.491 e. The number of nitrogen functional groups attached to an aromatic ring is 1. The van der Waals surface area contributed by atoms with Crippen LogP contribution in [0.2, 0.25) is 0 Å². The normalized spacial score (nSPS) is 10.8. The van der Waals surface area contributed by atoms with Gasteiger partial charge in [-0.3, -0.25) is 4.40 Å². The average molecular weight is 286 g/mol. The summed E-state index contributed by atoms with van der Waals surface area (Å²) >= 11 is 1.61. The predicted molar refractivity (Wildman–Crippen MR) is 80.1 cm³/mol. The molecule has 3 aromatic rings. The molecule has 0 bridgehead atoms. The minimum atomic E-state index is 0.570. The molecule has 0 saturated carbocycles. The largest absolute Gasteiger partial charge is 0.491 e. The Morgan fingerprint density at radius 3 is 2.85 bits per heavy atom. The molecular weight excluding hydrogens is 272 g/mol. The van der Waals surface area contributed by atoms with Crippen LogP contribution < -0.4 is 10.5 Å². The molecule has 0 aliphatic carbocycles. The summed E-state index contributed by atoms with van der Waals surface area (Å²) < 4.78 is 7.60. The molecule has 1 aromatic carbocycles. The number of ether oxygens (including phenoxy) is 1. The van der Waals surface area contributed by atoms with Crippen LogP contribution in [-0.2, 0) is 0 Å². The van der Waals surface area contributed by atoms with Crippen molar-refractivity contribution in [3.8, 4) is 5.75 Å². The van der Waals surface area contributed by atoms with Crippen LogP contribution in [0.15, 0.2) is 53.8 Å². The van der Waals surface area contributed by atoms with E-state index in [1.54, 1.807) is 11.8 Å². The molecule has 20 heavy (non-hydrogen) atoms. The Bertz CT molecular complexity index is 713. The first-order chi connectivity index (χ1) is 9.84. The van der Waals surface area contributed by atoms with Crippen molar-refractivity contribution < 1.29 is 4.74 Å². The van der Waals surface area contributed by atoms with Gasteiger partial charge in [-0.2, -0.15) is 0 Å². The van der Waals surface area contributed by atoms with E-state index in [0.717, 1.165) is 22.3 Å². The van der Waals surface area contributed by atoms with E-state index >= 15 is 0 Å². The molecule has 0 atom stereocenters. The number of rotatable bonds is 5. The molecule has 0 saturated heterocycles. The average Bonchev–Trinajstić information content (AvgIpc) is 2.89. The summed E-state index contributed by atoms with van der Waals surface area (Å²) in [4.78, 5) is 0. The highest BCUT2D eigenvalue weighted by Gasteiger charge is 2.05. The Labute approximate surface area is 120 Å². The molecule has 5 nitrogen and oxygen atoms in total. The highest BCUT2D eigenvalue weighted by Crippen LogP contribution is 2.21. The molecule has 0 amide bonds. The van der Waals surface area contributed by atoms with Crippen LogP contribution >= 0.6 is 11.8 Å². The van der Waals surface area contributed by atoms with Gasteiger partial charge in [0.1, 0.15) is 5.75 Å². The predicted octanol–water partition coefficient (Wildman–Crippen LogP) is 2.48. The van der Waals surface area contributed by atoms with Crippen molar-refractivity contribution in [1.82, 2.24) is 14.6 Å². The Balaban J connectivity index is 1.57. The first kappa shape index (κ1) is 12.8. The number of thioether (sulfide) groups is 1. The Morgan fingerprint density at radius 1 is 1.10 bits per heavy atom. The third-order valence-electron chi connectivity index (χ3n) is 2.77. The molecule has 102 valence electrons. The van der Waals surface area contributed by atoms with E-state index in [2.05, 4.69) is 10.2 Å². The van der Waals surface area contributed by atoms with Gasteiger partial charge in [-0.05, 0) is 24.3 Å². The van der Waals surface area contributed by atoms with E-state index in [4.69, 9.17) is 10.5 Å². The van der Waals surface area contributed by atoms with Crippen LogP contribution in [0.4, 0.5) is 5.69 Å². The molecule has 0 spiro atoms. The summed E-state index contributed by atoms with van der Waals surface area (Å²) in [5.41, 5.74) is 7.32. The molecule has 2 N–H and O–H groups in total. The molecule has 0 fully saturated rings. The third-order valence-corrected chi connectivity index (χ3v) is 3.68. The lowest BCUT2D eigenvalue weighted by Crippen LogP contribution is -2.03. The van der Waals surface area contributed by atoms with Gasteiger partial charge >= 0.3 is 0 Å². The van der Waals surface area contributed by atoms with Crippen molar-refractivity contribution in [2.75, 3.05) is 18.1 Å². The van der Waals surface area contributed by atoms with Crippen molar-refractivity contribution in [3.05, 3.63) is 48.7 Å².